The van der Waals surface area contributed by atoms with E-state index in [4.69, 9.17) is 0 Å². The summed E-state index contributed by atoms with van der Waals surface area (Å²) in [6.07, 6.45) is -0.280. The number of halogens is 3. The first-order valence-corrected chi connectivity index (χ1v) is 14.0. The molecule has 2 aromatic carbocycles. The van der Waals surface area contributed by atoms with Gasteiger partial charge in [-0.25, -0.2) is 18.4 Å². The number of aliphatic carboxylic acids is 1. The minimum atomic E-state index is -4.89. The quantitative estimate of drug-likeness (QED) is 0.278. The first-order chi connectivity index (χ1) is 19.4. The number of anilines is 2. The molecular formula is C26H27F3N6O5S. The predicted molar refractivity (Wildman–Crippen MR) is 143 cm³/mol. The highest BCUT2D eigenvalue weighted by Crippen LogP contribution is 2.35. The Labute approximate surface area is 233 Å². The fourth-order valence-corrected chi connectivity index (χ4v) is 5.58. The summed E-state index contributed by atoms with van der Waals surface area (Å²) in [5, 5.41) is 14.8. The van der Waals surface area contributed by atoms with E-state index in [9.17, 15) is 36.3 Å². The van der Waals surface area contributed by atoms with Crippen LogP contribution in [0.25, 0.3) is 0 Å². The van der Waals surface area contributed by atoms with E-state index in [1.165, 1.54) is 30.3 Å². The van der Waals surface area contributed by atoms with E-state index >= 15 is 0 Å². The average molecular weight is 593 g/mol. The third kappa shape index (κ3) is 7.70. The number of aromatic nitrogens is 2. The number of carbonyl (C=O) groups excluding carboxylic acids is 1. The Kier molecular flexibility index (Phi) is 9.08. The first-order valence-electron chi connectivity index (χ1n) is 12.5. The van der Waals surface area contributed by atoms with Crippen molar-refractivity contribution in [1.82, 2.24) is 20.0 Å². The Morgan fingerprint density at radius 1 is 1.07 bits per heavy atom. The Bertz CT molecular complexity index is 1480. The minimum absolute atomic E-state index is 0.115. The van der Waals surface area contributed by atoms with Crippen molar-refractivity contribution in [3.8, 4) is 0 Å². The van der Waals surface area contributed by atoms with E-state index in [1.807, 2.05) is 4.72 Å². The summed E-state index contributed by atoms with van der Waals surface area (Å²) < 4.78 is 69.1. The van der Waals surface area contributed by atoms with Crippen LogP contribution in [-0.2, 0) is 21.0 Å². The third-order valence-electron chi connectivity index (χ3n) is 6.35. The fraction of sp³-hybridized carbons (Fsp3) is 0.308. The summed E-state index contributed by atoms with van der Waals surface area (Å²) in [7, 11) is -4.27. The van der Waals surface area contributed by atoms with Gasteiger partial charge in [-0.15, -0.1) is 0 Å². The van der Waals surface area contributed by atoms with Gasteiger partial charge >= 0.3 is 12.1 Å². The maximum Gasteiger partial charge on any atom is 0.417 e. The van der Waals surface area contributed by atoms with Crippen LogP contribution in [0.4, 0.5) is 24.8 Å². The van der Waals surface area contributed by atoms with Gasteiger partial charge in [-0.2, -0.15) is 17.9 Å². The van der Waals surface area contributed by atoms with E-state index in [1.54, 1.807) is 29.4 Å². The van der Waals surface area contributed by atoms with E-state index in [2.05, 4.69) is 20.6 Å². The molecule has 0 bridgehead atoms. The average Bonchev–Trinajstić information content (AvgIpc) is 2.95. The predicted octanol–water partition coefficient (Wildman–Crippen LogP) is 2.74. The molecular weight excluding hydrogens is 565 g/mol. The second-order valence-corrected chi connectivity index (χ2v) is 11.0. The molecule has 3 aromatic rings. The highest BCUT2D eigenvalue weighted by molar-refractivity contribution is 7.89. The molecule has 15 heteroatoms. The van der Waals surface area contributed by atoms with Gasteiger partial charge in [-0.3, -0.25) is 9.59 Å². The standard InChI is InChI=1S/C26H27F3N6O5S/c27-26(28,29)21-14-18(35-13-4-6-17(16-35)33-25-30-11-5-12-31-25)9-10-20(21)23(36)32-15-22(24(37)38)34-41(39,40)19-7-2-1-3-8-19/h1-3,5,7-12,14,17,22,34H,4,6,13,15-16H2,(H,32,36)(H,37,38)(H,30,31,33)/t17-,22-/m0/s1. The molecule has 1 aliphatic rings. The van der Waals surface area contributed by atoms with Gasteiger partial charge < -0.3 is 20.6 Å². The molecule has 41 heavy (non-hydrogen) atoms. The Hall–Kier alpha value is -4.24. The molecule has 0 saturated carbocycles. The lowest BCUT2D eigenvalue weighted by Crippen LogP contribution is -2.48. The van der Waals surface area contributed by atoms with Crippen molar-refractivity contribution in [3.05, 3.63) is 78.1 Å². The number of alkyl halides is 3. The number of piperidine rings is 1. The number of hydrogen-bond acceptors (Lipinski definition) is 8. The molecule has 2 atom stereocenters. The first kappa shape index (κ1) is 29.7. The van der Waals surface area contributed by atoms with Gasteiger partial charge in [0.25, 0.3) is 5.91 Å². The van der Waals surface area contributed by atoms with Gasteiger partial charge in [0.2, 0.25) is 16.0 Å². The van der Waals surface area contributed by atoms with Gasteiger partial charge in [0, 0.05) is 43.8 Å². The smallest absolute Gasteiger partial charge is 0.417 e. The number of hydrogen-bond donors (Lipinski definition) is 4. The van der Waals surface area contributed by atoms with Crippen molar-refractivity contribution in [2.45, 2.75) is 36.0 Å². The van der Waals surface area contributed by atoms with E-state index in [0.717, 1.165) is 18.6 Å². The summed E-state index contributed by atoms with van der Waals surface area (Å²) in [6.45, 7) is 0.0851. The van der Waals surface area contributed by atoms with E-state index < -0.39 is 51.8 Å². The zero-order chi connectivity index (χ0) is 29.6. The van der Waals surface area contributed by atoms with Crippen LogP contribution < -0.4 is 20.3 Å². The number of carboxylic acid groups (broad SMARTS) is 1. The fourth-order valence-electron chi connectivity index (χ4n) is 4.37. The Morgan fingerprint density at radius 3 is 2.44 bits per heavy atom. The monoisotopic (exact) mass is 592 g/mol. The molecule has 2 heterocycles. The van der Waals surface area contributed by atoms with Crippen LogP contribution in [0.15, 0.2) is 71.9 Å². The maximum absolute atomic E-state index is 14.0. The number of rotatable bonds is 10. The van der Waals surface area contributed by atoms with Gasteiger partial charge in [-0.1, -0.05) is 18.2 Å². The molecule has 1 aliphatic heterocycles. The highest BCUT2D eigenvalue weighted by Gasteiger charge is 2.37. The molecule has 218 valence electrons. The van der Waals surface area contributed by atoms with Crippen molar-refractivity contribution >= 4 is 33.5 Å². The van der Waals surface area contributed by atoms with Gasteiger partial charge in [0.15, 0.2) is 0 Å². The van der Waals surface area contributed by atoms with Crippen molar-refractivity contribution in [1.29, 1.82) is 0 Å². The zero-order valence-electron chi connectivity index (χ0n) is 21.5. The highest BCUT2D eigenvalue weighted by atomic mass is 32.2. The number of carbonyl (C=O) groups is 2. The van der Waals surface area contributed by atoms with Gasteiger partial charge in [-0.05, 0) is 49.2 Å². The van der Waals surface area contributed by atoms with Crippen LogP contribution in [0.2, 0.25) is 0 Å². The van der Waals surface area contributed by atoms with Crippen molar-refractivity contribution < 1.29 is 36.3 Å². The lowest BCUT2D eigenvalue weighted by atomic mass is 10.0. The number of sulfonamides is 1. The summed E-state index contributed by atoms with van der Waals surface area (Å²) in [6, 6.07) is 9.94. The van der Waals surface area contributed by atoms with Gasteiger partial charge in [0.1, 0.15) is 6.04 Å². The Balaban J connectivity index is 1.48. The minimum Gasteiger partial charge on any atom is -0.480 e. The second kappa shape index (κ2) is 12.5. The van der Waals surface area contributed by atoms with Crippen LogP contribution in [0.5, 0.6) is 0 Å². The second-order valence-electron chi connectivity index (χ2n) is 9.26. The molecule has 4 N–H and O–H groups in total. The lowest BCUT2D eigenvalue weighted by molar-refractivity contribution is -0.139. The normalized spacial score (nSPS) is 16.6. The molecule has 11 nitrogen and oxygen atoms in total. The number of carboxylic acids is 1. The molecule has 1 fully saturated rings. The van der Waals surface area contributed by atoms with Gasteiger partial charge in [0.05, 0.1) is 16.0 Å². The lowest BCUT2D eigenvalue weighted by Gasteiger charge is -2.35. The van der Waals surface area contributed by atoms with E-state index in [0.29, 0.717) is 25.5 Å². The molecule has 1 saturated heterocycles. The summed E-state index contributed by atoms with van der Waals surface area (Å²) in [4.78, 5) is 34.3. The number of benzene rings is 2. The Morgan fingerprint density at radius 2 is 1.78 bits per heavy atom. The topological polar surface area (TPSA) is 154 Å². The SMILES string of the molecule is O=C(NC[C@H](NS(=O)(=O)c1ccccc1)C(=O)O)c1ccc(N2CCC[C@H](Nc3ncccn3)C2)cc1C(F)(F)F. The number of nitrogens with zero attached hydrogens (tertiary/aromatic N) is 3. The van der Waals surface area contributed by atoms with Crippen molar-refractivity contribution in [2.75, 3.05) is 29.9 Å². The van der Waals surface area contributed by atoms with E-state index in [-0.39, 0.29) is 16.6 Å². The molecule has 0 aliphatic carbocycles. The van der Waals surface area contributed by atoms with Crippen LogP contribution >= 0.6 is 0 Å². The number of amides is 1. The molecule has 1 aromatic heterocycles. The van der Waals surface area contributed by atoms with Crippen LogP contribution in [0, 0.1) is 0 Å². The molecule has 0 radical (unpaired) electrons. The molecule has 4 rings (SSSR count). The zero-order valence-corrected chi connectivity index (χ0v) is 22.3. The molecule has 0 spiro atoms. The van der Waals surface area contributed by atoms with Crippen molar-refractivity contribution in [2.24, 2.45) is 0 Å². The van der Waals surface area contributed by atoms with Crippen LogP contribution in [0.3, 0.4) is 0 Å². The summed E-state index contributed by atoms with van der Waals surface area (Å²) in [5.41, 5.74) is -1.67. The van der Waals surface area contributed by atoms with Crippen LogP contribution in [-0.4, -0.2) is 67.1 Å². The molecule has 1 amide bonds. The third-order valence-corrected chi connectivity index (χ3v) is 7.84. The van der Waals surface area contributed by atoms with Crippen LogP contribution in [0.1, 0.15) is 28.8 Å². The van der Waals surface area contributed by atoms with Crippen molar-refractivity contribution in [3.63, 3.8) is 0 Å². The largest absolute Gasteiger partial charge is 0.480 e. The summed E-state index contributed by atoms with van der Waals surface area (Å²) >= 11 is 0. The maximum atomic E-state index is 14.0. The number of nitrogens with one attached hydrogen (secondary N) is 3. The molecule has 0 unspecified atom stereocenters. The summed E-state index contributed by atoms with van der Waals surface area (Å²) in [5.74, 6) is -2.41.